The van der Waals surface area contributed by atoms with E-state index in [0.717, 1.165) is 45.8 Å². The van der Waals surface area contributed by atoms with Crippen LogP contribution in [0.25, 0.3) is 0 Å². The number of hydrogen-bond donors (Lipinski definition) is 3. The van der Waals surface area contributed by atoms with Crippen molar-refractivity contribution in [1.29, 1.82) is 0 Å². The molecule has 0 aliphatic rings. The normalized spacial score (nSPS) is 10.9. The van der Waals surface area contributed by atoms with E-state index >= 15 is 0 Å². The van der Waals surface area contributed by atoms with Crippen LogP contribution in [-0.2, 0) is 6.54 Å². The van der Waals surface area contributed by atoms with E-state index in [1.165, 1.54) is 0 Å². The number of halogens is 1. The van der Waals surface area contributed by atoms with Crippen LogP contribution in [0.15, 0.2) is 76.3 Å². The van der Waals surface area contributed by atoms with Gasteiger partial charge in [0.25, 0.3) is 11.8 Å². The molecular formula is C27H29BrN4O2S. The molecule has 3 aromatic rings. The molecule has 0 spiro atoms. The molecule has 3 aromatic carbocycles. The van der Waals surface area contributed by atoms with Gasteiger partial charge in [-0.15, -0.1) is 0 Å². The Bertz CT molecular complexity index is 1180. The van der Waals surface area contributed by atoms with Crippen molar-refractivity contribution in [2.45, 2.75) is 20.4 Å². The molecule has 35 heavy (non-hydrogen) atoms. The minimum atomic E-state index is -0.423. The Hall–Kier alpha value is -2.94. The van der Waals surface area contributed by atoms with Crippen molar-refractivity contribution >= 4 is 51.4 Å². The van der Waals surface area contributed by atoms with Crippen LogP contribution in [0.3, 0.4) is 0 Å². The van der Waals surface area contributed by atoms with Crippen LogP contribution < -0.4 is 16.1 Å². The quantitative estimate of drug-likeness (QED) is 0.164. The molecule has 182 valence electrons. The van der Waals surface area contributed by atoms with Crippen molar-refractivity contribution in [1.82, 2.24) is 10.7 Å². The lowest BCUT2D eigenvalue weighted by Gasteiger charge is -2.11. The van der Waals surface area contributed by atoms with Gasteiger partial charge in [0.1, 0.15) is 0 Å². The summed E-state index contributed by atoms with van der Waals surface area (Å²) in [5, 5.41) is 10.3. The van der Waals surface area contributed by atoms with Gasteiger partial charge in [0, 0.05) is 28.9 Å². The molecule has 0 radical (unpaired) electrons. The Kier molecular flexibility index (Phi) is 10.5. The van der Waals surface area contributed by atoms with Crippen LogP contribution >= 0.6 is 27.7 Å². The standard InChI is InChI=1S/C27H29BrN4O2S/c1-3-35-14-13-29-17-20-7-9-22(10-8-20)26(33)31-25-12-11-23(28)16-24(25)27(34)32-30-18-21-6-4-5-19(2)15-21/h4-12,15-16,18,29H,3,13-14,17H2,1-2H3,(H,31,33)(H,32,34)/b30-18+. The maximum atomic E-state index is 12.8. The smallest absolute Gasteiger partial charge is 0.273 e. The first-order valence-electron chi connectivity index (χ1n) is 11.3. The Morgan fingerprint density at radius 1 is 1.03 bits per heavy atom. The number of carbonyl (C=O) groups excluding carboxylic acids is 2. The number of carbonyl (C=O) groups is 2. The number of hydrazone groups is 1. The molecule has 0 saturated heterocycles. The van der Waals surface area contributed by atoms with Gasteiger partial charge in [0.05, 0.1) is 17.5 Å². The highest BCUT2D eigenvalue weighted by atomic mass is 79.9. The number of amides is 2. The van der Waals surface area contributed by atoms with E-state index in [4.69, 9.17) is 0 Å². The van der Waals surface area contributed by atoms with Gasteiger partial charge < -0.3 is 10.6 Å². The summed E-state index contributed by atoms with van der Waals surface area (Å²) in [6.45, 7) is 5.85. The van der Waals surface area contributed by atoms with Crippen molar-refractivity contribution < 1.29 is 9.59 Å². The van der Waals surface area contributed by atoms with Gasteiger partial charge >= 0.3 is 0 Å². The predicted octanol–water partition coefficient (Wildman–Crippen LogP) is 5.62. The Morgan fingerprint density at radius 2 is 1.83 bits per heavy atom. The highest BCUT2D eigenvalue weighted by Crippen LogP contribution is 2.22. The molecule has 0 bridgehead atoms. The highest BCUT2D eigenvalue weighted by molar-refractivity contribution is 9.10. The molecule has 0 aliphatic carbocycles. The van der Waals surface area contributed by atoms with E-state index in [1.807, 2.05) is 55.1 Å². The van der Waals surface area contributed by atoms with Crippen LogP contribution in [0.5, 0.6) is 0 Å². The second-order valence-corrected chi connectivity index (χ2v) is 10.1. The van der Waals surface area contributed by atoms with Crippen molar-refractivity contribution in [2.24, 2.45) is 5.10 Å². The van der Waals surface area contributed by atoms with Gasteiger partial charge in [-0.1, -0.05) is 64.8 Å². The third-order valence-corrected chi connectivity index (χ3v) is 6.46. The number of rotatable bonds is 11. The van der Waals surface area contributed by atoms with Gasteiger partial charge in [0.15, 0.2) is 0 Å². The first-order chi connectivity index (χ1) is 17.0. The summed E-state index contributed by atoms with van der Waals surface area (Å²) in [5.74, 6) is 1.49. The zero-order valence-corrected chi connectivity index (χ0v) is 22.2. The van der Waals surface area contributed by atoms with Crippen LogP contribution in [0.2, 0.25) is 0 Å². The van der Waals surface area contributed by atoms with E-state index in [-0.39, 0.29) is 5.91 Å². The van der Waals surface area contributed by atoms with E-state index in [1.54, 1.807) is 36.5 Å². The summed E-state index contributed by atoms with van der Waals surface area (Å²) in [4.78, 5) is 25.6. The largest absolute Gasteiger partial charge is 0.321 e. The molecule has 0 saturated carbocycles. The van der Waals surface area contributed by atoms with Crippen molar-refractivity contribution in [2.75, 3.05) is 23.4 Å². The van der Waals surface area contributed by atoms with Gasteiger partial charge in [-0.3, -0.25) is 9.59 Å². The maximum absolute atomic E-state index is 12.8. The van der Waals surface area contributed by atoms with Gasteiger partial charge in [-0.25, -0.2) is 5.43 Å². The van der Waals surface area contributed by atoms with E-state index in [9.17, 15) is 9.59 Å². The first-order valence-corrected chi connectivity index (χ1v) is 13.3. The number of benzene rings is 3. The molecule has 0 atom stereocenters. The summed E-state index contributed by atoms with van der Waals surface area (Å²) in [5.41, 5.74) is 6.86. The molecule has 3 N–H and O–H groups in total. The van der Waals surface area contributed by atoms with Crippen molar-refractivity contribution in [3.63, 3.8) is 0 Å². The van der Waals surface area contributed by atoms with E-state index in [0.29, 0.717) is 16.8 Å². The van der Waals surface area contributed by atoms with Gasteiger partial charge in [-0.2, -0.15) is 16.9 Å². The fraction of sp³-hybridized carbons (Fsp3) is 0.222. The number of hydrogen-bond acceptors (Lipinski definition) is 5. The number of nitrogens with zero attached hydrogens (tertiary/aromatic N) is 1. The summed E-state index contributed by atoms with van der Waals surface area (Å²) < 4.78 is 0.720. The fourth-order valence-electron chi connectivity index (χ4n) is 3.28. The molecule has 0 unspecified atom stereocenters. The summed E-state index contributed by atoms with van der Waals surface area (Å²) >= 11 is 5.30. The first kappa shape index (κ1) is 26.7. The molecule has 0 heterocycles. The highest BCUT2D eigenvalue weighted by Gasteiger charge is 2.15. The second-order valence-electron chi connectivity index (χ2n) is 7.83. The maximum Gasteiger partial charge on any atom is 0.273 e. The average Bonchev–Trinajstić information content (AvgIpc) is 2.85. The van der Waals surface area contributed by atoms with Crippen molar-refractivity contribution in [3.05, 3.63) is 99.0 Å². The van der Waals surface area contributed by atoms with Crippen LogP contribution in [-0.4, -0.2) is 36.1 Å². The van der Waals surface area contributed by atoms with Gasteiger partial charge in [0.2, 0.25) is 0 Å². The van der Waals surface area contributed by atoms with Gasteiger partial charge in [-0.05, 0) is 54.1 Å². The van der Waals surface area contributed by atoms with Crippen LogP contribution in [0, 0.1) is 6.92 Å². The Labute approximate surface area is 219 Å². The second kappa shape index (κ2) is 13.8. The van der Waals surface area contributed by atoms with Crippen LogP contribution in [0.4, 0.5) is 5.69 Å². The predicted molar refractivity (Wildman–Crippen MR) is 149 cm³/mol. The minimum absolute atomic E-state index is 0.288. The zero-order valence-electron chi connectivity index (χ0n) is 19.8. The summed E-state index contributed by atoms with van der Waals surface area (Å²) in [6, 6.07) is 20.3. The third kappa shape index (κ3) is 8.65. The molecule has 3 rings (SSSR count). The Morgan fingerprint density at radius 3 is 2.57 bits per heavy atom. The number of aryl methyl sites for hydroxylation is 1. The van der Waals surface area contributed by atoms with Crippen molar-refractivity contribution in [3.8, 4) is 0 Å². The molecule has 0 fully saturated rings. The number of nitrogens with one attached hydrogen (secondary N) is 3. The number of thioether (sulfide) groups is 1. The minimum Gasteiger partial charge on any atom is -0.321 e. The molecule has 2 amide bonds. The van der Waals surface area contributed by atoms with Crippen LogP contribution in [0.1, 0.15) is 44.3 Å². The Balaban J connectivity index is 1.62. The number of anilines is 1. The van der Waals surface area contributed by atoms with E-state index in [2.05, 4.69) is 44.0 Å². The molecule has 0 aliphatic heterocycles. The topological polar surface area (TPSA) is 82.6 Å². The molecule has 6 nitrogen and oxygen atoms in total. The summed E-state index contributed by atoms with van der Waals surface area (Å²) in [7, 11) is 0. The summed E-state index contributed by atoms with van der Waals surface area (Å²) in [6.07, 6.45) is 1.58. The lowest BCUT2D eigenvalue weighted by Crippen LogP contribution is -2.21. The fourth-order valence-corrected chi connectivity index (χ4v) is 4.22. The SMILES string of the molecule is CCSCCNCc1ccc(C(=O)Nc2ccc(Br)cc2C(=O)N/N=C/c2cccc(C)c2)cc1. The van der Waals surface area contributed by atoms with E-state index < -0.39 is 5.91 Å². The molecule has 0 aromatic heterocycles. The lowest BCUT2D eigenvalue weighted by molar-refractivity contribution is 0.0956. The average molecular weight is 554 g/mol. The lowest BCUT2D eigenvalue weighted by atomic mass is 10.1. The molecular weight excluding hydrogens is 524 g/mol. The molecule has 8 heteroatoms. The monoisotopic (exact) mass is 552 g/mol. The zero-order chi connectivity index (χ0) is 25.0. The third-order valence-electron chi connectivity index (χ3n) is 5.07.